The zero-order valence-electron chi connectivity index (χ0n) is 13.6. The van der Waals surface area contributed by atoms with Gasteiger partial charge in [0.2, 0.25) is 0 Å². The van der Waals surface area contributed by atoms with Crippen molar-refractivity contribution in [2.75, 3.05) is 0 Å². The number of aryl methyl sites for hydroxylation is 2. The summed E-state index contributed by atoms with van der Waals surface area (Å²) >= 11 is 0. The molecule has 0 radical (unpaired) electrons. The number of aromatic amines is 1. The first-order valence-electron chi connectivity index (χ1n) is 7.96. The molecule has 0 saturated heterocycles. The lowest BCUT2D eigenvalue weighted by atomic mass is 10.0. The Morgan fingerprint density at radius 2 is 2.09 bits per heavy atom. The first kappa shape index (κ1) is 14.1. The van der Waals surface area contributed by atoms with Crippen molar-refractivity contribution in [2.24, 2.45) is 0 Å². The van der Waals surface area contributed by atoms with Gasteiger partial charge in [0.15, 0.2) is 0 Å². The van der Waals surface area contributed by atoms with Crippen LogP contribution in [0.5, 0.6) is 0 Å². The number of nitrogens with zero attached hydrogens (tertiary/aromatic N) is 3. The Morgan fingerprint density at radius 1 is 1.30 bits per heavy atom. The number of carbonyl (C=O) groups excluding carboxylic acids is 1. The molecule has 0 spiro atoms. The Bertz CT molecular complexity index is 905. The van der Waals surface area contributed by atoms with E-state index in [1.807, 2.05) is 34.6 Å². The molecule has 23 heavy (non-hydrogen) atoms. The van der Waals surface area contributed by atoms with Gasteiger partial charge in [-0.3, -0.25) is 4.57 Å². The van der Waals surface area contributed by atoms with Crippen molar-refractivity contribution in [1.82, 2.24) is 19.4 Å². The standard InChI is InChI=1S/C18H20N4O/c1-11-8-17-12(2)14-6-4-5-7-16(14)22(17)18(23)21(11)9-15-13(3)19-10-20-15/h4-7,10-11H,8-9H2,1-3H3,(H,19,20). The van der Waals surface area contributed by atoms with E-state index in [1.165, 1.54) is 10.9 Å². The fourth-order valence-corrected chi connectivity index (χ4v) is 3.56. The van der Waals surface area contributed by atoms with Crippen LogP contribution in [0, 0.1) is 13.8 Å². The number of fused-ring (bicyclic) bond motifs is 3. The number of para-hydroxylation sites is 1. The van der Waals surface area contributed by atoms with Crippen molar-refractivity contribution in [3.05, 3.63) is 53.2 Å². The van der Waals surface area contributed by atoms with Gasteiger partial charge in [-0.15, -0.1) is 0 Å². The van der Waals surface area contributed by atoms with Gasteiger partial charge in [0.05, 0.1) is 24.1 Å². The zero-order valence-corrected chi connectivity index (χ0v) is 13.6. The van der Waals surface area contributed by atoms with Crippen molar-refractivity contribution >= 4 is 16.9 Å². The van der Waals surface area contributed by atoms with E-state index in [9.17, 15) is 4.79 Å². The number of H-pyrrole nitrogens is 1. The third-order valence-electron chi connectivity index (χ3n) is 4.96. The number of imidazole rings is 1. The van der Waals surface area contributed by atoms with E-state index in [0.29, 0.717) is 6.54 Å². The van der Waals surface area contributed by atoms with E-state index in [0.717, 1.165) is 29.0 Å². The molecule has 3 aromatic rings. The molecule has 1 amide bonds. The number of hydrogen-bond acceptors (Lipinski definition) is 2. The molecule has 2 aromatic heterocycles. The lowest BCUT2D eigenvalue weighted by Gasteiger charge is -2.34. The van der Waals surface area contributed by atoms with Gasteiger partial charge < -0.3 is 9.88 Å². The molecule has 0 bridgehead atoms. The molecule has 5 heteroatoms. The fourth-order valence-electron chi connectivity index (χ4n) is 3.56. The predicted molar refractivity (Wildman–Crippen MR) is 89.5 cm³/mol. The summed E-state index contributed by atoms with van der Waals surface area (Å²) in [6.07, 6.45) is 2.56. The van der Waals surface area contributed by atoms with Crippen molar-refractivity contribution < 1.29 is 4.79 Å². The van der Waals surface area contributed by atoms with Gasteiger partial charge in [-0.25, -0.2) is 9.78 Å². The van der Waals surface area contributed by atoms with E-state index in [2.05, 4.69) is 29.9 Å². The van der Waals surface area contributed by atoms with Crippen molar-refractivity contribution in [1.29, 1.82) is 0 Å². The molecule has 5 nitrogen and oxygen atoms in total. The second-order valence-electron chi connectivity index (χ2n) is 6.36. The number of aromatic nitrogens is 3. The van der Waals surface area contributed by atoms with Crippen LogP contribution in [-0.2, 0) is 13.0 Å². The number of carbonyl (C=O) groups is 1. The average molecular weight is 308 g/mol. The van der Waals surface area contributed by atoms with Gasteiger partial charge in [0.1, 0.15) is 0 Å². The highest BCUT2D eigenvalue weighted by atomic mass is 16.2. The van der Waals surface area contributed by atoms with E-state index in [-0.39, 0.29) is 12.1 Å². The highest BCUT2D eigenvalue weighted by Gasteiger charge is 2.33. The third kappa shape index (κ3) is 2.00. The van der Waals surface area contributed by atoms with Crippen molar-refractivity contribution in [2.45, 2.75) is 39.8 Å². The van der Waals surface area contributed by atoms with Crippen LogP contribution in [-0.4, -0.2) is 31.5 Å². The lowest BCUT2D eigenvalue weighted by molar-refractivity contribution is 0.165. The molecular formula is C18H20N4O. The summed E-state index contributed by atoms with van der Waals surface area (Å²) in [5, 5.41) is 1.17. The van der Waals surface area contributed by atoms with Crippen LogP contribution in [0.25, 0.3) is 10.9 Å². The minimum absolute atomic E-state index is 0.0467. The summed E-state index contributed by atoms with van der Waals surface area (Å²) in [6.45, 7) is 6.75. The minimum atomic E-state index is 0.0467. The smallest absolute Gasteiger partial charge is 0.329 e. The molecule has 1 aliphatic heterocycles. The maximum atomic E-state index is 13.1. The first-order chi connectivity index (χ1) is 11.1. The lowest BCUT2D eigenvalue weighted by Crippen LogP contribution is -2.46. The molecule has 0 saturated carbocycles. The van der Waals surface area contributed by atoms with Crippen LogP contribution in [0.2, 0.25) is 0 Å². The average Bonchev–Trinajstić information content (AvgIpc) is 3.06. The van der Waals surface area contributed by atoms with Gasteiger partial charge in [0.25, 0.3) is 0 Å². The largest absolute Gasteiger partial charge is 0.348 e. The van der Waals surface area contributed by atoms with E-state index in [4.69, 9.17) is 0 Å². The molecule has 118 valence electrons. The van der Waals surface area contributed by atoms with Gasteiger partial charge in [0, 0.05) is 29.2 Å². The fraction of sp³-hybridized carbons (Fsp3) is 0.333. The Labute approximate surface area is 134 Å². The number of hydrogen-bond donors (Lipinski definition) is 1. The molecule has 0 fully saturated rings. The summed E-state index contributed by atoms with van der Waals surface area (Å²) in [4.78, 5) is 22.5. The van der Waals surface area contributed by atoms with Crippen LogP contribution in [0.15, 0.2) is 30.6 Å². The van der Waals surface area contributed by atoms with Crippen LogP contribution in [0.1, 0.15) is 29.6 Å². The van der Waals surface area contributed by atoms with Gasteiger partial charge in [-0.1, -0.05) is 18.2 Å². The van der Waals surface area contributed by atoms with Crippen molar-refractivity contribution in [3.8, 4) is 0 Å². The first-order valence-corrected chi connectivity index (χ1v) is 7.96. The van der Waals surface area contributed by atoms with Gasteiger partial charge in [-0.05, 0) is 32.4 Å². The Balaban J connectivity index is 1.81. The Morgan fingerprint density at radius 3 is 2.83 bits per heavy atom. The molecule has 1 unspecified atom stereocenters. The maximum Gasteiger partial charge on any atom is 0.329 e. The Kier molecular flexibility index (Phi) is 3.04. The summed E-state index contributed by atoms with van der Waals surface area (Å²) in [6, 6.07) is 8.34. The number of benzene rings is 1. The molecule has 1 atom stereocenters. The molecule has 1 N–H and O–H groups in total. The van der Waals surface area contributed by atoms with Crippen LogP contribution >= 0.6 is 0 Å². The molecule has 4 rings (SSSR count). The highest BCUT2D eigenvalue weighted by molar-refractivity contribution is 5.96. The van der Waals surface area contributed by atoms with E-state index >= 15 is 0 Å². The minimum Gasteiger partial charge on any atom is -0.348 e. The van der Waals surface area contributed by atoms with E-state index in [1.54, 1.807) is 6.33 Å². The second-order valence-corrected chi connectivity index (χ2v) is 6.36. The maximum absolute atomic E-state index is 13.1. The van der Waals surface area contributed by atoms with Crippen molar-refractivity contribution in [3.63, 3.8) is 0 Å². The molecular weight excluding hydrogens is 288 g/mol. The summed E-state index contributed by atoms with van der Waals surface area (Å²) in [5.74, 6) is 0. The highest BCUT2D eigenvalue weighted by Crippen LogP contribution is 2.31. The van der Waals surface area contributed by atoms with Crippen LogP contribution < -0.4 is 0 Å². The Hall–Kier alpha value is -2.56. The summed E-state index contributed by atoms with van der Waals surface area (Å²) < 4.78 is 1.88. The quantitative estimate of drug-likeness (QED) is 0.789. The van der Waals surface area contributed by atoms with Crippen LogP contribution in [0.4, 0.5) is 4.79 Å². The third-order valence-corrected chi connectivity index (χ3v) is 4.96. The van der Waals surface area contributed by atoms with E-state index < -0.39 is 0 Å². The second kappa shape index (κ2) is 4.98. The SMILES string of the molecule is Cc1[nH]cnc1CN1C(=O)n2c(c(C)c3ccccc32)CC1C. The predicted octanol–water partition coefficient (Wildman–Crippen LogP) is 3.40. The monoisotopic (exact) mass is 308 g/mol. The number of nitrogens with one attached hydrogen (secondary N) is 1. The molecule has 1 aliphatic rings. The summed E-state index contributed by atoms with van der Waals surface area (Å²) in [5.41, 5.74) is 5.31. The topological polar surface area (TPSA) is 53.9 Å². The van der Waals surface area contributed by atoms with Gasteiger partial charge >= 0.3 is 6.03 Å². The normalized spacial score (nSPS) is 17.8. The van der Waals surface area contributed by atoms with Crippen LogP contribution in [0.3, 0.4) is 0 Å². The number of amides is 1. The number of rotatable bonds is 2. The molecule has 3 heterocycles. The molecule has 1 aromatic carbocycles. The zero-order chi connectivity index (χ0) is 16.1. The van der Waals surface area contributed by atoms with Gasteiger partial charge in [-0.2, -0.15) is 0 Å². The molecule has 0 aliphatic carbocycles. The summed E-state index contributed by atoms with van der Waals surface area (Å²) in [7, 11) is 0.